The average Bonchev–Trinajstić information content (AvgIpc) is 2.23. The molecule has 1 saturated carbocycles. The molecular formula is C15H22N2S. The van der Waals surface area contributed by atoms with Crippen molar-refractivity contribution in [3.05, 3.63) is 29.8 Å². The van der Waals surface area contributed by atoms with Crippen molar-refractivity contribution in [1.29, 1.82) is 0 Å². The van der Waals surface area contributed by atoms with E-state index in [-0.39, 0.29) is 5.41 Å². The van der Waals surface area contributed by atoms with E-state index in [1.54, 1.807) is 0 Å². The molecule has 0 atom stereocenters. The van der Waals surface area contributed by atoms with Crippen molar-refractivity contribution in [2.24, 2.45) is 0 Å². The van der Waals surface area contributed by atoms with Crippen LogP contribution < -0.4 is 10.6 Å². The Labute approximate surface area is 115 Å². The van der Waals surface area contributed by atoms with Gasteiger partial charge in [0, 0.05) is 11.7 Å². The van der Waals surface area contributed by atoms with E-state index in [0.717, 1.165) is 10.8 Å². The number of hydrogen-bond donors (Lipinski definition) is 2. The second-order valence-electron chi connectivity index (χ2n) is 6.05. The minimum absolute atomic E-state index is 0.198. The van der Waals surface area contributed by atoms with Crippen LogP contribution in [-0.4, -0.2) is 11.2 Å². The van der Waals surface area contributed by atoms with Gasteiger partial charge in [0.2, 0.25) is 0 Å². The zero-order valence-corrected chi connectivity index (χ0v) is 12.2. The molecule has 2 nitrogen and oxygen atoms in total. The molecule has 1 aromatic carbocycles. The highest BCUT2D eigenvalue weighted by Crippen LogP contribution is 2.23. The molecule has 0 unspecified atom stereocenters. The van der Waals surface area contributed by atoms with Gasteiger partial charge in [0.15, 0.2) is 5.11 Å². The molecule has 3 heteroatoms. The van der Waals surface area contributed by atoms with Crippen LogP contribution in [0.1, 0.15) is 45.6 Å². The highest BCUT2D eigenvalue weighted by molar-refractivity contribution is 7.80. The van der Waals surface area contributed by atoms with Crippen molar-refractivity contribution in [3.8, 4) is 0 Å². The first-order chi connectivity index (χ1) is 8.45. The lowest BCUT2D eigenvalue weighted by atomic mass is 9.87. The molecule has 1 aliphatic rings. The summed E-state index contributed by atoms with van der Waals surface area (Å²) in [4.78, 5) is 0. The zero-order chi connectivity index (χ0) is 13.2. The van der Waals surface area contributed by atoms with Crippen LogP contribution in [0.2, 0.25) is 0 Å². The number of anilines is 1. The van der Waals surface area contributed by atoms with Gasteiger partial charge in [0.05, 0.1) is 0 Å². The Morgan fingerprint density at radius 2 is 1.78 bits per heavy atom. The monoisotopic (exact) mass is 262 g/mol. The van der Waals surface area contributed by atoms with E-state index in [0.29, 0.717) is 6.04 Å². The lowest BCUT2D eigenvalue weighted by Crippen LogP contribution is -2.41. The van der Waals surface area contributed by atoms with Gasteiger partial charge in [0.25, 0.3) is 0 Å². The van der Waals surface area contributed by atoms with E-state index in [2.05, 4.69) is 55.7 Å². The molecule has 0 aromatic heterocycles. The van der Waals surface area contributed by atoms with Crippen molar-refractivity contribution < 1.29 is 0 Å². The van der Waals surface area contributed by atoms with E-state index >= 15 is 0 Å². The molecular weight excluding hydrogens is 240 g/mol. The molecule has 98 valence electrons. The Balaban J connectivity index is 1.91. The second kappa shape index (κ2) is 5.27. The van der Waals surface area contributed by atoms with Crippen molar-refractivity contribution in [2.75, 3.05) is 5.32 Å². The summed E-state index contributed by atoms with van der Waals surface area (Å²) in [6.07, 6.45) is 3.80. The summed E-state index contributed by atoms with van der Waals surface area (Å²) in [7, 11) is 0. The molecule has 0 heterocycles. The van der Waals surface area contributed by atoms with E-state index in [4.69, 9.17) is 12.2 Å². The maximum atomic E-state index is 5.30. The van der Waals surface area contributed by atoms with Crippen LogP contribution in [0.15, 0.2) is 24.3 Å². The molecule has 0 radical (unpaired) electrons. The van der Waals surface area contributed by atoms with Gasteiger partial charge in [-0.3, -0.25) is 0 Å². The molecule has 18 heavy (non-hydrogen) atoms. The average molecular weight is 262 g/mol. The number of hydrogen-bond acceptors (Lipinski definition) is 1. The normalized spacial score (nSPS) is 15.9. The first-order valence-corrected chi connectivity index (χ1v) is 7.04. The number of thiocarbonyl (C=S) groups is 1. The number of benzene rings is 1. The zero-order valence-electron chi connectivity index (χ0n) is 11.4. The first kappa shape index (κ1) is 13.3. The third-order valence-electron chi connectivity index (χ3n) is 3.45. The maximum absolute atomic E-state index is 5.30. The number of nitrogens with one attached hydrogen (secondary N) is 2. The molecule has 1 fully saturated rings. The molecule has 0 amide bonds. The summed E-state index contributed by atoms with van der Waals surface area (Å²) in [5, 5.41) is 7.31. The van der Waals surface area contributed by atoms with Crippen molar-refractivity contribution in [1.82, 2.24) is 5.32 Å². The minimum Gasteiger partial charge on any atom is -0.360 e. The fourth-order valence-corrected chi connectivity index (χ4v) is 2.24. The Kier molecular flexibility index (Phi) is 3.91. The van der Waals surface area contributed by atoms with Crippen LogP contribution in [0.4, 0.5) is 5.69 Å². The molecule has 2 rings (SSSR count). The number of rotatable bonds is 2. The molecule has 0 spiro atoms. The second-order valence-corrected chi connectivity index (χ2v) is 6.46. The summed E-state index contributed by atoms with van der Waals surface area (Å²) in [6, 6.07) is 9.09. The van der Waals surface area contributed by atoms with E-state index < -0.39 is 0 Å². The Morgan fingerprint density at radius 3 is 2.22 bits per heavy atom. The minimum atomic E-state index is 0.198. The fraction of sp³-hybridized carbons (Fsp3) is 0.533. The van der Waals surface area contributed by atoms with Gasteiger partial charge in [-0.2, -0.15) is 0 Å². The van der Waals surface area contributed by atoms with Crippen molar-refractivity contribution >= 4 is 23.0 Å². The van der Waals surface area contributed by atoms with Crippen LogP contribution in [0.5, 0.6) is 0 Å². The summed E-state index contributed by atoms with van der Waals surface area (Å²) >= 11 is 5.30. The third kappa shape index (κ3) is 3.45. The summed E-state index contributed by atoms with van der Waals surface area (Å²) < 4.78 is 0. The Morgan fingerprint density at radius 1 is 1.17 bits per heavy atom. The predicted molar refractivity (Wildman–Crippen MR) is 82.1 cm³/mol. The molecule has 1 aromatic rings. The van der Waals surface area contributed by atoms with Crippen LogP contribution in [0.25, 0.3) is 0 Å². The van der Waals surface area contributed by atoms with E-state index in [9.17, 15) is 0 Å². The molecule has 0 bridgehead atoms. The SMILES string of the molecule is CC(C)(C)c1ccc(NC(=S)NC2CCC2)cc1. The molecule has 1 aliphatic carbocycles. The van der Waals surface area contributed by atoms with Gasteiger partial charge in [-0.05, 0) is 54.6 Å². The van der Waals surface area contributed by atoms with Crippen LogP contribution in [0.3, 0.4) is 0 Å². The van der Waals surface area contributed by atoms with Gasteiger partial charge < -0.3 is 10.6 Å². The van der Waals surface area contributed by atoms with Gasteiger partial charge in [0.1, 0.15) is 0 Å². The quantitative estimate of drug-likeness (QED) is 0.792. The van der Waals surface area contributed by atoms with E-state index in [1.807, 2.05) is 0 Å². The third-order valence-corrected chi connectivity index (χ3v) is 3.67. The van der Waals surface area contributed by atoms with Crippen molar-refractivity contribution in [2.45, 2.75) is 51.5 Å². The van der Waals surface area contributed by atoms with Gasteiger partial charge in [-0.25, -0.2) is 0 Å². The Hall–Kier alpha value is -1.09. The van der Waals surface area contributed by atoms with Gasteiger partial charge in [-0.15, -0.1) is 0 Å². The molecule has 2 N–H and O–H groups in total. The standard InChI is InChI=1S/C15H22N2S/c1-15(2,3)11-7-9-13(10-8-11)17-14(18)16-12-5-4-6-12/h7-10,12H,4-6H2,1-3H3,(H2,16,17,18). The van der Waals surface area contributed by atoms with Crippen LogP contribution in [0, 0.1) is 0 Å². The molecule has 0 aliphatic heterocycles. The van der Waals surface area contributed by atoms with Crippen LogP contribution in [-0.2, 0) is 5.41 Å². The summed E-state index contributed by atoms with van der Waals surface area (Å²) in [5.41, 5.74) is 2.59. The van der Waals surface area contributed by atoms with Gasteiger partial charge in [-0.1, -0.05) is 32.9 Å². The first-order valence-electron chi connectivity index (χ1n) is 6.63. The van der Waals surface area contributed by atoms with Gasteiger partial charge >= 0.3 is 0 Å². The topological polar surface area (TPSA) is 24.1 Å². The fourth-order valence-electron chi connectivity index (χ4n) is 1.96. The highest BCUT2D eigenvalue weighted by Gasteiger charge is 2.18. The lowest BCUT2D eigenvalue weighted by molar-refractivity contribution is 0.385. The van der Waals surface area contributed by atoms with E-state index in [1.165, 1.54) is 24.8 Å². The lowest BCUT2D eigenvalue weighted by Gasteiger charge is -2.28. The predicted octanol–water partition coefficient (Wildman–Crippen LogP) is 3.82. The van der Waals surface area contributed by atoms with Crippen LogP contribution >= 0.6 is 12.2 Å². The Bertz CT molecular complexity index is 413. The smallest absolute Gasteiger partial charge is 0.170 e. The molecule has 0 saturated heterocycles. The maximum Gasteiger partial charge on any atom is 0.170 e. The highest BCUT2D eigenvalue weighted by atomic mass is 32.1. The van der Waals surface area contributed by atoms with Crippen molar-refractivity contribution in [3.63, 3.8) is 0 Å². The summed E-state index contributed by atoms with van der Waals surface area (Å²) in [5.74, 6) is 0. The summed E-state index contributed by atoms with van der Waals surface area (Å²) in [6.45, 7) is 6.66. The largest absolute Gasteiger partial charge is 0.360 e.